The quantitative estimate of drug-likeness (QED) is 0.818. The normalized spacial score (nSPS) is 17.4. The van der Waals surface area contributed by atoms with Crippen molar-refractivity contribution < 1.29 is 4.79 Å². The van der Waals surface area contributed by atoms with Crippen LogP contribution in [0, 0.1) is 5.92 Å². The molecule has 0 atom stereocenters. The third kappa shape index (κ3) is 4.11. The predicted molar refractivity (Wildman–Crippen MR) is 111 cm³/mol. The molecule has 6 heteroatoms. The van der Waals surface area contributed by atoms with Crippen molar-refractivity contribution in [3.8, 4) is 0 Å². The lowest BCUT2D eigenvalue weighted by Gasteiger charge is -2.34. The fourth-order valence-corrected chi connectivity index (χ4v) is 4.21. The zero-order valence-electron chi connectivity index (χ0n) is 16.8. The molecule has 0 aliphatic carbocycles. The Hall–Kier alpha value is -2.63. The summed E-state index contributed by atoms with van der Waals surface area (Å²) in [5, 5.41) is 0. The molecule has 1 amide bonds. The molecule has 1 aromatic carbocycles. The Kier molecular flexibility index (Phi) is 5.46. The molecule has 0 bridgehead atoms. The van der Waals surface area contributed by atoms with E-state index >= 15 is 0 Å². The van der Waals surface area contributed by atoms with Crippen LogP contribution in [0.2, 0.25) is 0 Å². The Morgan fingerprint density at radius 2 is 1.86 bits per heavy atom. The lowest BCUT2D eigenvalue weighted by molar-refractivity contribution is -0.133. The minimum atomic E-state index is 0.310. The van der Waals surface area contributed by atoms with Gasteiger partial charge in [0.25, 0.3) is 0 Å². The van der Waals surface area contributed by atoms with E-state index in [0.717, 1.165) is 57.1 Å². The molecule has 1 fully saturated rings. The molecule has 2 aliphatic rings. The second-order valence-corrected chi connectivity index (χ2v) is 8.10. The van der Waals surface area contributed by atoms with Crippen molar-refractivity contribution >= 4 is 17.5 Å². The van der Waals surface area contributed by atoms with Crippen molar-refractivity contribution in [1.29, 1.82) is 0 Å². The molecule has 28 heavy (non-hydrogen) atoms. The highest BCUT2D eigenvalue weighted by molar-refractivity contribution is 5.76. The molecule has 0 spiro atoms. The van der Waals surface area contributed by atoms with Gasteiger partial charge in [-0.15, -0.1) is 0 Å². The number of nitrogens with zero attached hydrogens (tertiary/aromatic N) is 5. The molecule has 0 unspecified atom stereocenters. The van der Waals surface area contributed by atoms with Crippen molar-refractivity contribution in [2.24, 2.45) is 5.92 Å². The Morgan fingerprint density at radius 1 is 1.11 bits per heavy atom. The summed E-state index contributed by atoms with van der Waals surface area (Å²) in [6.07, 6.45) is 5.36. The number of carbonyl (C=O) groups is 1. The fraction of sp³-hybridized carbons (Fsp3) is 0.500. The maximum atomic E-state index is 12.8. The number of rotatable bonds is 4. The van der Waals surface area contributed by atoms with E-state index in [-0.39, 0.29) is 0 Å². The number of anilines is 2. The second kappa shape index (κ2) is 8.17. The number of aromatic nitrogens is 2. The largest absolute Gasteiger partial charge is 0.363 e. The van der Waals surface area contributed by atoms with E-state index < -0.39 is 0 Å². The summed E-state index contributed by atoms with van der Waals surface area (Å²) in [7, 11) is 3.98. The SMILES string of the molecule is CN(C)c1cc(N2CCC(CC(=O)N3CCc4ccccc4C3)CC2)ncn1. The molecule has 1 aromatic heterocycles. The third-order valence-electron chi connectivity index (χ3n) is 5.98. The topological polar surface area (TPSA) is 52.6 Å². The molecule has 148 valence electrons. The van der Waals surface area contributed by atoms with Crippen molar-refractivity contribution in [1.82, 2.24) is 14.9 Å². The van der Waals surface area contributed by atoms with Gasteiger partial charge in [-0.2, -0.15) is 0 Å². The minimum Gasteiger partial charge on any atom is -0.363 e. The number of carbonyl (C=O) groups excluding carboxylic acids is 1. The number of fused-ring (bicyclic) bond motifs is 1. The molecule has 0 radical (unpaired) electrons. The molecule has 4 rings (SSSR count). The highest BCUT2D eigenvalue weighted by atomic mass is 16.2. The summed E-state index contributed by atoms with van der Waals surface area (Å²) in [6, 6.07) is 10.5. The Bertz CT molecular complexity index is 829. The molecule has 6 nitrogen and oxygen atoms in total. The van der Waals surface area contributed by atoms with Crippen molar-refractivity contribution in [3.05, 3.63) is 47.8 Å². The van der Waals surface area contributed by atoms with Gasteiger partial charge >= 0.3 is 0 Å². The number of amides is 1. The summed E-state index contributed by atoms with van der Waals surface area (Å²) >= 11 is 0. The average Bonchev–Trinajstić information content (AvgIpc) is 2.74. The van der Waals surface area contributed by atoms with Crippen LogP contribution < -0.4 is 9.80 Å². The molecule has 2 aromatic rings. The van der Waals surface area contributed by atoms with Gasteiger partial charge in [-0.3, -0.25) is 4.79 Å². The number of hydrogen-bond donors (Lipinski definition) is 0. The smallest absolute Gasteiger partial charge is 0.223 e. The Labute approximate surface area is 167 Å². The highest BCUT2D eigenvalue weighted by Gasteiger charge is 2.26. The van der Waals surface area contributed by atoms with Crippen LogP contribution in [-0.2, 0) is 17.8 Å². The zero-order valence-corrected chi connectivity index (χ0v) is 16.8. The first-order valence-corrected chi connectivity index (χ1v) is 10.2. The number of piperidine rings is 1. The van der Waals surface area contributed by atoms with E-state index in [1.165, 1.54) is 11.1 Å². The number of hydrogen-bond acceptors (Lipinski definition) is 5. The van der Waals surface area contributed by atoms with Gasteiger partial charge in [0, 0.05) is 52.8 Å². The zero-order chi connectivity index (χ0) is 19.5. The van der Waals surface area contributed by atoms with Crippen molar-refractivity contribution in [2.75, 3.05) is 43.5 Å². The second-order valence-electron chi connectivity index (χ2n) is 8.10. The van der Waals surface area contributed by atoms with Gasteiger partial charge in [0.05, 0.1) is 0 Å². The first kappa shape index (κ1) is 18.7. The van der Waals surface area contributed by atoms with E-state index in [2.05, 4.69) is 39.1 Å². The molecule has 0 N–H and O–H groups in total. The standard InChI is InChI=1S/C22H29N5O/c1-25(2)20-14-21(24-16-23-20)26-10-7-17(8-11-26)13-22(28)27-12-9-18-5-3-4-6-19(18)15-27/h3-6,14,16-17H,7-13,15H2,1-2H3. The summed E-state index contributed by atoms with van der Waals surface area (Å²) in [5.74, 6) is 2.68. The van der Waals surface area contributed by atoms with E-state index in [0.29, 0.717) is 18.2 Å². The van der Waals surface area contributed by atoms with Gasteiger partial charge in [-0.1, -0.05) is 24.3 Å². The highest BCUT2D eigenvalue weighted by Crippen LogP contribution is 2.27. The Balaban J connectivity index is 1.30. The van der Waals surface area contributed by atoms with Crippen LogP contribution in [0.1, 0.15) is 30.4 Å². The maximum Gasteiger partial charge on any atom is 0.223 e. The third-order valence-corrected chi connectivity index (χ3v) is 5.98. The minimum absolute atomic E-state index is 0.310. The molecular formula is C22H29N5O. The molecular weight excluding hydrogens is 350 g/mol. The van der Waals surface area contributed by atoms with Crippen LogP contribution in [0.3, 0.4) is 0 Å². The van der Waals surface area contributed by atoms with Crippen molar-refractivity contribution in [2.45, 2.75) is 32.2 Å². The van der Waals surface area contributed by atoms with Crippen LogP contribution in [0.5, 0.6) is 0 Å². The van der Waals surface area contributed by atoms with Crippen LogP contribution in [-0.4, -0.2) is 54.5 Å². The van der Waals surface area contributed by atoms with Crippen LogP contribution >= 0.6 is 0 Å². The van der Waals surface area contributed by atoms with Gasteiger partial charge in [0.2, 0.25) is 5.91 Å². The summed E-state index contributed by atoms with van der Waals surface area (Å²) in [5.41, 5.74) is 2.69. The van der Waals surface area contributed by atoms with Gasteiger partial charge in [-0.25, -0.2) is 9.97 Å². The lowest BCUT2D eigenvalue weighted by atomic mass is 9.92. The summed E-state index contributed by atoms with van der Waals surface area (Å²) in [6.45, 7) is 3.51. The first-order valence-electron chi connectivity index (χ1n) is 10.2. The first-order chi connectivity index (χ1) is 13.6. The van der Waals surface area contributed by atoms with Crippen LogP contribution in [0.25, 0.3) is 0 Å². The van der Waals surface area contributed by atoms with E-state index in [1.54, 1.807) is 6.33 Å². The molecule has 0 saturated carbocycles. The summed E-state index contributed by atoms with van der Waals surface area (Å²) in [4.78, 5) is 27.9. The van der Waals surface area contributed by atoms with E-state index in [4.69, 9.17) is 0 Å². The monoisotopic (exact) mass is 379 g/mol. The Morgan fingerprint density at radius 3 is 2.61 bits per heavy atom. The van der Waals surface area contributed by atoms with Crippen LogP contribution in [0.4, 0.5) is 11.6 Å². The van der Waals surface area contributed by atoms with Gasteiger partial charge in [-0.05, 0) is 36.3 Å². The van der Waals surface area contributed by atoms with Gasteiger partial charge in [0.1, 0.15) is 18.0 Å². The fourth-order valence-electron chi connectivity index (χ4n) is 4.21. The number of benzene rings is 1. The van der Waals surface area contributed by atoms with E-state index in [1.807, 2.05) is 30.0 Å². The average molecular weight is 380 g/mol. The molecule has 3 heterocycles. The summed E-state index contributed by atoms with van der Waals surface area (Å²) < 4.78 is 0. The molecule has 1 saturated heterocycles. The van der Waals surface area contributed by atoms with Crippen LogP contribution in [0.15, 0.2) is 36.7 Å². The van der Waals surface area contributed by atoms with Gasteiger partial charge < -0.3 is 14.7 Å². The predicted octanol–water partition coefficient (Wildman–Crippen LogP) is 2.73. The van der Waals surface area contributed by atoms with Crippen molar-refractivity contribution in [3.63, 3.8) is 0 Å². The van der Waals surface area contributed by atoms with E-state index in [9.17, 15) is 4.79 Å². The lowest BCUT2D eigenvalue weighted by Crippen LogP contribution is -2.39. The molecule has 2 aliphatic heterocycles. The van der Waals surface area contributed by atoms with Gasteiger partial charge in [0.15, 0.2) is 0 Å². The maximum absolute atomic E-state index is 12.8.